The van der Waals surface area contributed by atoms with Gasteiger partial charge in [0.25, 0.3) is 0 Å². The fourth-order valence-corrected chi connectivity index (χ4v) is 5.51. The lowest BCUT2D eigenvalue weighted by Gasteiger charge is -2.51. The maximum atomic E-state index is 13.7. The molecular formula is C29H52O11. The van der Waals surface area contributed by atoms with E-state index in [0.717, 1.165) is 5.57 Å². The van der Waals surface area contributed by atoms with Crippen molar-refractivity contribution in [2.45, 2.75) is 115 Å². The highest BCUT2D eigenvalue weighted by atomic mass is 16.7. The van der Waals surface area contributed by atoms with Gasteiger partial charge in [-0.1, -0.05) is 26.8 Å². The Balaban J connectivity index is 2.59. The summed E-state index contributed by atoms with van der Waals surface area (Å²) < 4.78 is 40.3. The summed E-state index contributed by atoms with van der Waals surface area (Å²) in [5, 5.41) is 33.1. The van der Waals surface area contributed by atoms with E-state index in [0.29, 0.717) is 12.8 Å². The summed E-state index contributed by atoms with van der Waals surface area (Å²) in [4.78, 5) is 13.7. The van der Waals surface area contributed by atoms with Gasteiger partial charge in [0, 0.05) is 78.5 Å². The van der Waals surface area contributed by atoms with Gasteiger partial charge in [0.15, 0.2) is 11.9 Å². The van der Waals surface area contributed by atoms with Crippen molar-refractivity contribution in [3.63, 3.8) is 0 Å². The first-order valence-corrected chi connectivity index (χ1v) is 14.2. The molecule has 2 fully saturated rings. The van der Waals surface area contributed by atoms with E-state index in [1.54, 1.807) is 21.0 Å². The van der Waals surface area contributed by atoms with Crippen molar-refractivity contribution in [3.05, 3.63) is 11.6 Å². The smallest absolute Gasteiger partial charge is 0.338 e. The quantitative estimate of drug-likeness (QED) is 0.200. The van der Waals surface area contributed by atoms with E-state index in [1.807, 2.05) is 19.9 Å². The molecule has 0 saturated carbocycles. The topological polar surface area (TPSA) is 142 Å². The van der Waals surface area contributed by atoms with Crippen LogP contribution in [0, 0.1) is 11.3 Å². The van der Waals surface area contributed by atoms with Gasteiger partial charge in [0.1, 0.15) is 12.9 Å². The number of carbonyl (C=O) groups excluding carboxylic acids is 1. The first kappa shape index (κ1) is 35.0. The average Bonchev–Trinajstić information content (AvgIpc) is 2.93. The molecule has 3 N–H and O–H groups in total. The van der Waals surface area contributed by atoms with Crippen LogP contribution in [0.1, 0.15) is 66.2 Å². The molecule has 2 saturated heterocycles. The van der Waals surface area contributed by atoms with Gasteiger partial charge < -0.3 is 48.5 Å². The zero-order valence-electron chi connectivity index (χ0n) is 25.5. The molecule has 2 aliphatic rings. The van der Waals surface area contributed by atoms with Crippen LogP contribution in [0.15, 0.2) is 11.6 Å². The van der Waals surface area contributed by atoms with Gasteiger partial charge in [-0.15, -0.1) is 0 Å². The summed E-state index contributed by atoms with van der Waals surface area (Å²) in [6, 6.07) is 0. The van der Waals surface area contributed by atoms with Crippen LogP contribution >= 0.6 is 0 Å². The second-order valence-electron chi connectivity index (χ2n) is 11.6. The van der Waals surface area contributed by atoms with Crippen LogP contribution in [0.4, 0.5) is 0 Å². The molecule has 2 rings (SSSR count). The van der Waals surface area contributed by atoms with E-state index in [-0.39, 0.29) is 51.1 Å². The summed E-state index contributed by atoms with van der Waals surface area (Å²) in [6.07, 6.45) is -1.36. The van der Waals surface area contributed by atoms with Crippen LogP contribution in [0.25, 0.3) is 0 Å². The SMILES string of the molecule is CC[C@H](/C=C(\C)[C@@H]1C[C@@H](OC)CC(O)C(C)(C)C2(O)C[C@H](OC)C[C@H](C[C@@H](OC)[C@H](OCOC)C(=O)O1)O2)CO. The van der Waals surface area contributed by atoms with Crippen molar-refractivity contribution in [2.75, 3.05) is 41.8 Å². The molecule has 234 valence electrons. The lowest BCUT2D eigenvalue weighted by molar-refractivity contribution is -0.340. The van der Waals surface area contributed by atoms with Crippen LogP contribution in [-0.4, -0.2) is 112 Å². The fraction of sp³-hybridized carbons (Fsp3) is 0.897. The average molecular weight is 577 g/mol. The number of hydrogen-bond donors (Lipinski definition) is 3. The Kier molecular flexibility index (Phi) is 13.9. The highest BCUT2D eigenvalue weighted by molar-refractivity contribution is 5.76. The Morgan fingerprint density at radius 3 is 2.30 bits per heavy atom. The molecule has 11 heteroatoms. The second-order valence-corrected chi connectivity index (χ2v) is 11.6. The maximum Gasteiger partial charge on any atom is 0.338 e. The van der Waals surface area contributed by atoms with Crippen LogP contribution in [-0.2, 0) is 38.0 Å². The first-order chi connectivity index (χ1) is 18.9. The van der Waals surface area contributed by atoms with Crippen LogP contribution in [0.3, 0.4) is 0 Å². The predicted molar refractivity (Wildman–Crippen MR) is 146 cm³/mol. The molecule has 0 spiro atoms. The number of aliphatic hydroxyl groups is 3. The number of esters is 1. The maximum absolute atomic E-state index is 13.7. The molecule has 2 aliphatic heterocycles. The minimum absolute atomic E-state index is 0.0388. The summed E-state index contributed by atoms with van der Waals surface area (Å²) in [7, 11) is 6.03. The largest absolute Gasteiger partial charge is 0.456 e. The number of hydrogen-bond acceptors (Lipinski definition) is 11. The summed E-state index contributed by atoms with van der Waals surface area (Å²) >= 11 is 0. The molecule has 0 aromatic rings. The van der Waals surface area contributed by atoms with Crippen molar-refractivity contribution in [1.29, 1.82) is 0 Å². The van der Waals surface area contributed by atoms with Gasteiger partial charge in [-0.2, -0.15) is 0 Å². The van der Waals surface area contributed by atoms with Gasteiger partial charge in [-0.3, -0.25) is 0 Å². The number of ether oxygens (including phenoxy) is 7. The molecule has 0 aliphatic carbocycles. The van der Waals surface area contributed by atoms with E-state index >= 15 is 0 Å². The Morgan fingerprint density at radius 2 is 1.75 bits per heavy atom. The van der Waals surface area contributed by atoms with Crippen LogP contribution < -0.4 is 0 Å². The van der Waals surface area contributed by atoms with E-state index < -0.39 is 53.8 Å². The number of fused-ring (bicyclic) bond motifs is 2. The molecule has 9 atom stereocenters. The highest BCUT2D eigenvalue weighted by Crippen LogP contribution is 2.46. The fourth-order valence-electron chi connectivity index (χ4n) is 5.51. The minimum Gasteiger partial charge on any atom is -0.456 e. The molecule has 11 nitrogen and oxygen atoms in total. The van der Waals surface area contributed by atoms with Gasteiger partial charge in [0.05, 0.1) is 30.5 Å². The predicted octanol–water partition coefficient (Wildman–Crippen LogP) is 2.34. The molecule has 0 aromatic heterocycles. The first-order valence-electron chi connectivity index (χ1n) is 14.2. The summed E-state index contributed by atoms with van der Waals surface area (Å²) in [5.41, 5.74) is -0.363. The number of carbonyl (C=O) groups is 1. The molecule has 2 unspecified atom stereocenters. The minimum atomic E-state index is -1.73. The molecular weight excluding hydrogens is 524 g/mol. The Hall–Kier alpha value is -1.15. The van der Waals surface area contributed by atoms with E-state index in [2.05, 4.69) is 0 Å². The number of methoxy groups -OCH3 is 4. The normalized spacial score (nSPS) is 36.9. The number of rotatable bonds is 10. The van der Waals surface area contributed by atoms with Gasteiger partial charge in [0.2, 0.25) is 0 Å². The molecule has 2 heterocycles. The Bertz CT molecular complexity index is 799. The lowest BCUT2D eigenvalue weighted by Crippen LogP contribution is -2.60. The third kappa shape index (κ3) is 8.68. The van der Waals surface area contributed by atoms with Crippen LogP contribution in [0.2, 0.25) is 0 Å². The molecule has 0 radical (unpaired) electrons. The lowest BCUT2D eigenvalue weighted by atomic mass is 9.71. The molecule has 40 heavy (non-hydrogen) atoms. The summed E-state index contributed by atoms with van der Waals surface area (Å²) in [5.74, 6) is -2.49. The van der Waals surface area contributed by atoms with Crippen molar-refractivity contribution in [3.8, 4) is 0 Å². The standard InChI is InChI=1S/C29H52O11/c1-9-19(16-30)10-18(2)23-12-20(35-6)14-25(31)28(3,4)29(33)15-22(36-7)11-21(40-29)13-24(37-8)26(27(32)39-23)38-17-34-5/h10,19-26,30-31,33H,9,11-17H2,1-8H3/b18-10+/t19-,20-,21-,22-,23+,24-,25?,26+,29?/m1/s1. The van der Waals surface area contributed by atoms with Crippen LogP contribution in [0.5, 0.6) is 0 Å². The highest BCUT2D eigenvalue weighted by Gasteiger charge is 2.55. The third-order valence-corrected chi connectivity index (χ3v) is 8.62. The van der Waals surface area contributed by atoms with Crippen molar-refractivity contribution >= 4 is 5.97 Å². The van der Waals surface area contributed by atoms with Gasteiger partial charge in [-0.05, 0) is 18.9 Å². The molecule has 0 amide bonds. The van der Waals surface area contributed by atoms with Gasteiger partial charge in [-0.25, -0.2) is 4.79 Å². The number of aliphatic hydroxyl groups excluding tert-OH is 2. The number of cyclic esters (lactones) is 1. The zero-order valence-corrected chi connectivity index (χ0v) is 25.5. The van der Waals surface area contributed by atoms with Crippen molar-refractivity contribution in [2.24, 2.45) is 11.3 Å². The van der Waals surface area contributed by atoms with E-state index in [9.17, 15) is 20.1 Å². The Morgan fingerprint density at radius 1 is 1.07 bits per heavy atom. The third-order valence-electron chi connectivity index (χ3n) is 8.62. The zero-order chi connectivity index (χ0) is 30.1. The van der Waals surface area contributed by atoms with E-state index in [1.165, 1.54) is 21.3 Å². The van der Waals surface area contributed by atoms with Gasteiger partial charge >= 0.3 is 5.97 Å². The Labute approximate surface area is 239 Å². The van der Waals surface area contributed by atoms with Crippen molar-refractivity contribution < 1.29 is 53.3 Å². The van der Waals surface area contributed by atoms with Crippen molar-refractivity contribution in [1.82, 2.24) is 0 Å². The molecule has 2 bridgehead atoms. The second kappa shape index (κ2) is 15.9. The summed E-state index contributed by atoms with van der Waals surface area (Å²) in [6.45, 7) is 7.13. The van der Waals surface area contributed by atoms with E-state index in [4.69, 9.17) is 33.2 Å². The monoisotopic (exact) mass is 576 g/mol. The molecule has 0 aromatic carbocycles.